The molecule has 0 aromatic heterocycles. The first-order valence-electron chi connectivity index (χ1n) is 7.24. The van der Waals surface area contributed by atoms with Crippen LogP contribution in [0.1, 0.15) is 6.92 Å². The van der Waals surface area contributed by atoms with Crippen molar-refractivity contribution >= 4 is 24.0 Å². The third-order valence-corrected chi connectivity index (χ3v) is 3.02. The second kappa shape index (κ2) is 11.3. The summed E-state index contributed by atoms with van der Waals surface area (Å²) in [5.74, 6) is -2.06. The molecule has 0 aliphatic carbocycles. The summed E-state index contributed by atoms with van der Waals surface area (Å²) >= 11 is 0. The van der Waals surface area contributed by atoms with Gasteiger partial charge in [0.2, 0.25) is 17.7 Å². The first-order chi connectivity index (χ1) is 11.6. The molecule has 11 heteroatoms. The van der Waals surface area contributed by atoms with Crippen LogP contribution in [0.3, 0.4) is 0 Å². The molecule has 142 valence electrons. The summed E-state index contributed by atoms with van der Waals surface area (Å²) in [6.07, 6.45) is -5.31. The van der Waals surface area contributed by atoms with E-state index in [1.165, 1.54) is 6.92 Å². The van der Waals surface area contributed by atoms with Crippen molar-refractivity contribution in [3.63, 3.8) is 0 Å². The Labute approximate surface area is 143 Å². The normalized spacial score (nSPS) is 15.2. The number of nitrogens with one attached hydrogen (secondary N) is 3. The molecule has 0 bridgehead atoms. The van der Waals surface area contributed by atoms with Crippen molar-refractivity contribution in [1.82, 2.24) is 16.0 Å². The fraction of sp³-hybridized carbons (Fsp3) is 0.571. The largest absolute Gasteiger partial charge is 0.394 e. The van der Waals surface area contributed by atoms with Crippen LogP contribution >= 0.6 is 0 Å². The van der Waals surface area contributed by atoms with E-state index in [1.54, 1.807) is 0 Å². The first kappa shape index (κ1) is 22.7. The fourth-order valence-corrected chi connectivity index (χ4v) is 1.54. The highest BCUT2D eigenvalue weighted by Crippen LogP contribution is 2.03. The standard InChI is InChI=1S/C14H23N3O8/c1-7(2)14(25)16-3-10(21)15-4-11(22)17-8(5-18)12(23)13(24)9(20)6-19/h5,8-9,12-13,19-20,23-24H,1,3-4,6H2,2H3,(H,15,21)(H,16,25)(H,17,22)/t8-,9+,12+,13+/m0/s1. The third-order valence-electron chi connectivity index (χ3n) is 3.02. The van der Waals surface area contributed by atoms with Crippen molar-refractivity contribution in [2.75, 3.05) is 19.7 Å². The topological polar surface area (TPSA) is 185 Å². The van der Waals surface area contributed by atoms with Crippen LogP contribution in [-0.2, 0) is 19.2 Å². The molecule has 7 N–H and O–H groups in total. The molecule has 0 heterocycles. The SMILES string of the molecule is C=C(C)C(=O)NCC(=O)NCC(=O)N[C@@H](C=O)[C@@H](O)[C@H](O)[C@H](O)CO. The van der Waals surface area contributed by atoms with Gasteiger partial charge in [-0.2, -0.15) is 0 Å². The number of aliphatic hydroxyl groups is 4. The Balaban J connectivity index is 4.38. The van der Waals surface area contributed by atoms with E-state index < -0.39 is 55.2 Å². The van der Waals surface area contributed by atoms with E-state index in [0.29, 0.717) is 0 Å². The summed E-state index contributed by atoms with van der Waals surface area (Å²) in [6.45, 7) is 3.03. The Hall–Kier alpha value is -2.34. The second-order valence-electron chi connectivity index (χ2n) is 5.20. The summed E-state index contributed by atoms with van der Waals surface area (Å²) in [5, 5.41) is 43.5. The van der Waals surface area contributed by atoms with Gasteiger partial charge in [-0.05, 0) is 6.92 Å². The van der Waals surface area contributed by atoms with E-state index in [-0.39, 0.29) is 18.4 Å². The first-order valence-corrected chi connectivity index (χ1v) is 7.24. The van der Waals surface area contributed by atoms with Crippen LogP contribution in [0.5, 0.6) is 0 Å². The zero-order chi connectivity index (χ0) is 19.6. The molecule has 0 aromatic carbocycles. The Morgan fingerprint density at radius 3 is 2.08 bits per heavy atom. The van der Waals surface area contributed by atoms with Crippen LogP contribution in [0.4, 0.5) is 0 Å². The number of rotatable bonds is 11. The third kappa shape index (κ3) is 8.35. The number of aliphatic hydroxyl groups excluding tert-OH is 4. The predicted octanol–water partition coefficient (Wildman–Crippen LogP) is -4.45. The minimum atomic E-state index is -1.87. The number of amides is 3. The Morgan fingerprint density at radius 2 is 1.60 bits per heavy atom. The van der Waals surface area contributed by atoms with Gasteiger partial charge in [0.05, 0.1) is 19.7 Å². The maximum Gasteiger partial charge on any atom is 0.246 e. The van der Waals surface area contributed by atoms with Gasteiger partial charge in [-0.15, -0.1) is 0 Å². The van der Waals surface area contributed by atoms with Crippen molar-refractivity contribution in [3.05, 3.63) is 12.2 Å². The maximum absolute atomic E-state index is 11.6. The maximum atomic E-state index is 11.6. The van der Waals surface area contributed by atoms with Crippen molar-refractivity contribution in [1.29, 1.82) is 0 Å². The quantitative estimate of drug-likeness (QED) is 0.142. The molecule has 0 saturated heterocycles. The second-order valence-corrected chi connectivity index (χ2v) is 5.20. The summed E-state index contributed by atoms with van der Waals surface area (Å²) in [4.78, 5) is 45.2. The van der Waals surface area contributed by atoms with Gasteiger partial charge in [0.1, 0.15) is 30.6 Å². The summed E-state index contributed by atoms with van der Waals surface area (Å²) in [6, 6.07) is -1.57. The highest BCUT2D eigenvalue weighted by molar-refractivity contribution is 5.95. The molecular weight excluding hydrogens is 338 g/mol. The Morgan fingerprint density at radius 1 is 1.04 bits per heavy atom. The van der Waals surface area contributed by atoms with Crippen molar-refractivity contribution in [2.45, 2.75) is 31.3 Å². The molecule has 0 fully saturated rings. The van der Waals surface area contributed by atoms with Gasteiger partial charge < -0.3 is 41.2 Å². The zero-order valence-corrected chi connectivity index (χ0v) is 13.6. The zero-order valence-electron chi connectivity index (χ0n) is 13.6. The average Bonchev–Trinajstić information content (AvgIpc) is 2.59. The lowest BCUT2D eigenvalue weighted by molar-refractivity contribution is -0.131. The van der Waals surface area contributed by atoms with E-state index in [1.807, 2.05) is 5.32 Å². The van der Waals surface area contributed by atoms with Crippen molar-refractivity contribution in [3.8, 4) is 0 Å². The number of hydrogen-bond acceptors (Lipinski definition) is 8. The lowest BCUT2D eigenvalue weighted by Gasteiger charge is -2.26. The molecule has 3 amide bonds. The Kier molecular flexibility index (Phi) is 10.2. The summed E-state index contributed by atoms with van der Waals surface area (Å²) < 4.78 is 0. The van der Waals surface area contributed by atoms with E-state index >= 15 is 0 Å². The van der Waals surface area contributed by atoms with Crippen LogP contribution in [0.25, 0.3) is 0 Å². The molecule has 0 saturated carbocycles. The molecule has 11 nitrogen and oxygen atoms in total. The molecule has 0 spiro atoms. The Bertz CT molecular complexity index is 510. The van der Waals surface area contributed by atoms with Gasteiger partial charge in [-0.1, -0.05) is 6.58 Å². The van der Waals surface area contributed by atoms with Gasteiger partial charge in [0.15, 0.2) is 0 Å². The minimum Gasteiger partial charge on any atom is -0.394 e. The monoisotopic (exact) mass is 361 g/mol. The molecule has 0 unspecified atom stereocenters. The predicted molar refractivity (Wildman–Crippen MR) is 83.9 cm³/mol. The van der Waals surface area contributed by atoms with E-state index in [9.17, 15) is 34.5 Å². The van der Waals surface area contributed by atoms with Crippen LogP contribution in [0, 0.1) is 0 Å². The molecule has 0 aliphatic heterocycles. The summed E-state index contributed by atoms with van der Waals surface area (Å²) in [7, 11) is 0. The van der Waals surface area contributed by atoms with Crippen molar-refractivity contribution < 1.29 is 39.6 Å². The van der Waals surface area contributed by atoms with Gasteiger partial charge in [0, 0.05) is 5.57 Å². The highest BCUT2D eigenvalue weighted by Gasteiger charge is 2.31. The van der Waals surface area contributed by atoms with Gasteiger partial charge in [-0.3, -0.25) is 14.4 Å². The summed E-state index contributed by atoms with van der Waals surface area (Å²) in [5.41, 5.74) is 0.206. The molecule has 0 aromatic rings. The van der Waals surface area contributed by atoms with Gasteiger partial charge in [0.25, 0.3) is 0 Å². The van der Waals surface area contributed by atoms with Gasteiger partial charge >= 0.3 is 0 Å². The molecular formula is C14H23N3O8. The lowest BCUT2D eigenvalue weighted by atomic mass is 10.0. The smallest absolute Gasteiger partial charge is 0.246 e. The molecule has 0 aliphatic rings. The lowest BCUT2D eigenvalue weighted by Crippen LogP contribution is -2.55. The number of hydrogen-bond donors (Lipinski definition) is 7. The van der Waals surface area contributed by atoms with E-state index in [4.69, 9.17) is 5.11 Å². The number of carbonyl (C=O) groups is 4. The molecule has 4 atom stereocenters. The average molecular weight is 361 g/mol. The molecule has 0 radical (unpaired) electrons. The molecule has 0 rings (SSSR count). The van der Waals surface area contributed by atoms with Gasteiger partial charge in [-0.25, -0.2) is 0 Å². The van der Waals surface area contributed by atoms with Crippen LogP contribution < -0.4 is 16.0 Å². The van der Waals surface area contributed by atoms with Crippen LogP contribution in [0.2, 0.25) is 0 Å². The van der Waals surface area contributed by atoms with E-state index in [0.717, 1.165) is 0 Å². The fourth-order valence-electron chi connectivity index (χ4n) is 1.54. The van der Waals surface area contributed by atoms with Crippen LogP contribution in [0.15, 0.2) is 12.2 Å². The number of aldehydes is 1. The minimum absolute atomic E-state index is 0.130. The van der Waals surface area contributed by atoms with Crippen molar-refractivity contribution in [2.24, 2.45) is 0 Å². The highest BCUT2D eigenvalue weighted by atomic mass is 16.4. The van der Waals surface area contributed by atoms with Crippen LogP contribution in [-0.4, -0.2) is 88.5 Å². The molecule has 25 heavy (non-hydrogen) atoms. The number of carbonyl (C=O) groups excluding carboxylic acids is 4. The van der Waals surface area contributed by atoms with E-state index in [2.05, 4.69) is 17.2 Å².